The van der Waals surface area contributed by atoms with Crippen LogP contribution in [0.2, 0.25) is 0 Å². The van der Waals surface area contributed by atoms with Gasteiger partial charge in [0.2, 0.25) is 10.0 Å². The predicted octanol–water partition coefficient (Wildman–Crippen LogP) is 3.06. The summed E-state index contributed by atoms with van der Waals surface area (Å²) in [4.78, 5) is 0.287. The fourth-order valence-corrected chi connectivity index (χ4v) is 5.27. The van der Waals surface area contributed by atoms with Gasteiger partial charge in [-0.25, -0.2) is 8.42 Å². The van der Waals surface area contributed by atoms with Crippen molar-refractivity contribution in [2.75, 3.05) is 14.2 Å². The molecule has 0 unspecified atom stereocenters. The monoisotopic (exact) mass is 343 g/mol. The van der Waals surface area contributed by atoms with E-state index in [1.165, 1.54) is 4.31 Å². The molecule has 0 radical (unpaired) electrons. The van der Waals surface area contributed by atoms with Gasteiger partial charge in [0.05, 0.1) is 31.2 Å². The minimum Gasteiger partial charge on any atom is -0.496 e. The van der Waals surface area contributed by atoms with Crippen molar-refractivity contribution in [3.05, 3.63) is 65.7 Å². The lowest BCUT2D eigenvalue weighted by atomic mass is 9.95. The zero-order valence-corrected chi connectivity index (χ0v) is 14.2. The Labute approximate surface area is 141 Å². The van der Waals surface area contributed by atoms with Crippen molar-refractivity contribution in [1.82, 2.24) is 4.31 Å². The summed E-state index contributed by atoms with van der Waals surface area (Å²) in [6, 6.07) is 11.4. The fourth-order valence-electron chi connectivity index (χ4n) is 3.58. The summed E-state index contributed by atoms with van der Waals surface area (Å²) in [5, 5.41) is 0. The minimum absolute atomic E-state index is 0.287. The van der Waals surface area contributed by atoms with Gasteiger partial charge < -0.3 is 9.47 Å². The highest BCUT2D eigenvalue weighted by Gasteiger charge is 2.50. The van der Waals surface area contributed by atoms with Crippen LogP contribution in [0, 0.1) is 0 Å². The first kappa shape index (κ1) is 15.2. The summed E-state index contributed by atoms with van der Waals surface area (Å²) >= 11 is 0. The maximum absolute atomic E-state index is 13.2. The van der Waals surface area contributed by atoms with Crippen LogP contribution in [0.4, 0.5) is 0 Å². The summed E-state index contributed by atoms with van der Waals surface area (Å²) in [6.45, 7) is 0. The zero-order chi connectivity index (χ0) is 16.9. The first-order chi connectivity index (χ1) is 11.6. The molecule has 124 valence electrons. The number of nitrogens with zero attached hydrogens (tertiary/aromatic N) is 1. The van der Waals surface area contributed by atoms with Crippen LogP contribution in [0.1, 0.15) is 23.2 Å². The lowest BCUT2D eigenvalue weighted by Gasteiger charge is -2.22. The van der Waals surface area contributed by atoms with E-state index in [4.69, 9.17) is 9.47 Å². The molecule has 2 aliphatic heterocycles. The van der Waals surface area contributed by atoms with Gasteiger partial charge in [0.1, 0.15) is 11.5 Å². The number of rotatable bonds is 4. The Hall–Kier alpha value is -2.31. The van der Waals surface area contributed by atoms with Crippen molar-refractivity contribution >= 4 is 10.0 Å². The number of hydrogen-bond acceptors (Lipinski definition) is 4. The third-order valence-electron chi connectivity index (χ3n) is 4.58. The molecule has 5 nitrogen and oxygen atoms in total. The molecular formula is C18H17NO4S. The summed E-state index contributed by atoms with van der Waals surface area (Å²) < 4.78 is 38.8. The molecular weight excluding hydrogens is 326 g/mol. The number of fused-ring (bicyclic) bond motifs is 5. The maximum atomic E-state index is 13.2. The van der Waals surface area contributed by atoms with E-state index in [2.05, 4.69) is 0 Å². The normalized spacial score (nSPS) is 21.8. The maximum Gasteiger partial charge on any atom is 0.244 e. The van der Waals surface area contributed by atoms with E-state index in [1.54, 1.807) is 44.6 Å². The summed E-state index contributed by atoms with van der Waals surface area (Å²) in [5.74, 6) is 1.35. The van der Waals surface area contributed by atoms with Crippen LogP contribution in [0.3, 0.4) is 0 Å². The van der Waals surface area contributed by atoms with Crippen LogP contribution in [-0.2, 0) is 10.0 Å². The minimum atomic E-state index is -3.63. The Morgan fingerprint density at radius 1 is 0.833 bits per heavy atom. The highest BCUT2D eigenvalue weighted by atomic mass is 32.2. The van der Waals surface area contributed by atoms with Crippen LogP contribution in [-0.4, -0.2) is 26.9 Å². The van der Waals surface area contributed by atoms with Gasteiger partial charge in [-0.1, -0.05) is 30.4 Å². The van der Waals surface area contributed by atoms with E-state index < -0.39 is 10.0 Å². The Morgan fingerprint density at radius 3 is 1.79 bits per heavy atom. The van der Waals surface area contributed by atoms with Gasteiger partial charge in [0.15, 0.2) is 0 Å². The van der Waals surface area contributed by atoms with Crippen molar-refractivity contribution in [2.45, 2.75) is 17.0 Å². The zero-order valence-electron chi connectivity index (χ0n) is 13.3. The molecule has 0 spiro atoms. The summed E-state index contributed by atoms with van der Waals surface area (Å²) in [5.41, 5.74) is 1.73. The van der Waals surface area contributed by atoms with Crippen molar-refractivity contribution in [1.29, 1.82) is 0 Å². The molecule has 2 aliphatic rings. The van der Waals surface area contributed by atoms with E-state index in [-0.39, 0.29) is 17.0 Å². The molecule has 2 heterocycles. The molecule has 4 rings (SSSR count). The van der Waals surface area contributed by atoms with E-state index in [0.29, 0.717) is 11.5 Å². The quantitative estimate of drug-likeness (QED) is 0.801. The molecule has 6 heteroatoms. The number of methoxy groups -OCH3 is 2. The van der Waals surface area contributed by atoms with E-state index in [9.17, 15) is 8.42 Å². The van der Waals surface area contributed by atoms with Gasteiger partial charge >= 0.3 is 0 Å². The third kappa shape index (κ3) is 1.93. The third-order valence-corrected chi connectivity index (χ3v) is 6.46. The van der Waals surface area contributed by atoms with Crippen molar-refractivity contribution < 1.29 is 17.9 Å². The number of hydrogen-bond donors (Lipinski definition) is 0. The number of ether oxygens (including phenoxy) is 2. The topological polar surface area (TPSA) is 55.8 Å². The smallest absolute Gasteiger partial charge is 0.244 e. The SMILES string of the molecule is COc1ccc(OC)c2c1[C@H]1C=C[C@@H]2N1S(=O)(=O)c1ccccc1. The lowest BCUT2D eigenvalue weighted by Crippen LogP contribution is -2.28. The second-order valence-corrected chi connectivity index (χ2v) is 7.56. The van der Waals surface area contributed by atoms with Crippen LogP contribution >= 0.6 is 0 Å². The molecule has 2 aromatic carbocycles. The molecule has 0 aliphatic carbocycles. The fraction of sp³-hybridized carbons (Fsp3) is 0.222. The Morgan fingerprint density at radius 2 is 1.33 bits per heavy atom. The molecule has 0 fully saturated rings. The van der Waals surface area contributed by atoms with E-state index in [0.717, 1.165) is 11.1 Å². The molecule has 2 atom stereocenters. The van der Waals surface area contributed by atoms with Crippen LogP contribution in [0.25, 0.3) is 0 Å². The number of sulfonamides is 1. The Balaban J connectivity index is 1.88. The predicted molar refractivity (Wildman–Crippen MR) is 89.6 cm³/mol. The standard InChI is InChI=1S/C18H17NO4S/c1-22-15-10-11-16(23-2)18-14-9-8-13(17(15)18)19(14)24(20,21)12-6-4-3-5-7-12/h3-11,13-14H,1-2H3/t13-,14+. The van der Waals surface area contributed by atoms with E-state index >= 15 is 0 Å². The van der Waals surface area contributed by atoms with Crippen LogP contribution in [0.15, 0.2) is 59.5 Å². The van der Waals surface area contributed by atoms with Crippen LogP contribution < -0.4 is 9.47 Å². The molecule has 0 aromatic heterocycles. The second-order valence-electron chi connectivity index (χ2n) is 5.72. The summed E-state index contributed by atoms with van der Waals surface area (Å²) in [6.07, 6.45) is 3.82. The van der Waals surface area contributed by atoms with Crippen molar-refractivity contribution in [3.63, 3.8) is 0 Å². The Kier molecular flexibility index (Phi) is 3.40. The van der Waals surface area contributed by atoms with Crippen molar-refractivity contribution in [2.24, 2.45) is 0 Å². The molecule has 0 amide bonds. The second kappa shape index (κ2) is 5.36. The van der Waals surface area contributed by atoms with Gasteiger partial charge in [-0.15, -0.1) is 0 Å². The van der Waals surface area contributed by atoms with Gasteiger partial charge in [-0.2, -0.15) is 4.31 Å². The van der Waals surface area contributed by atoms with Crippen molar-refractivity contribution in [3.8, 4) is 11.5 Å². The Bertz CT molecular complexity index is 881. The molecule has 0 saturated heterocycles. The first-order valence-electron chi connectivity index (χ1n) is 7.61. The molecule has 24 heavy (non-hydrogen) atoms. The molecule has 2 bridgehead atoms. The van der Waals surface area contributed by atoms with Gasteiger partial charge in [-0.05, 0) is 24.3 Å². The molecule has 0 N–H and O–H groups in total. The average molecular weight is 343 g/mol. The molecule has 0 saturated carbocycles. The largest absolute Gasteiger partial charge is 0.496 e. The number of benzene rings is 2. The van der Waals surface area contributed by atoms with Gasteiger partial charge in [-0.3, -0.25) is 0 Å². The lowest BCUT2D eigenvalue weighted by molar-refractivity contribution is 0.368. The highest BCUT2D eigenvalue weighted by molar-refractivity contribution is 7.89. The summed E-state index contributed by atoms with van der Waals surface area (Å²) in [7, 11) is -0.450. The first-order valence-corrected chi connectivity index (χ1v) is 9.05. The average Bonchev–Trinajstić information content (AvgIpc) is 3.19. The van der Waals surface area contributed by atoms with Crippen LogP contribution in [0.5, 0.6) is 11.5 Å². The highest BCUT2D eigenvalue weighted by Crippen LogP contribution is 2.56. The molecule has 2 aromatic rings. The van der Waals surface area contributed by atoms with Gasteiger partial charge in [0.25, 0.3) is 0 Å². The van der Waals surface area contributed by atoms with Gasteiger partial charge in [0, 0.05) is 11.1 Å². The van der Waals surface area contributed by atoms with E-state index in [1.807, 2.05) is 24.3 Å².